The molecular weight excluding hydrogens is 311 g/mol. The second-order valence-corrected chi connectivity index (χ2v) is 5.55. The van der Waals surface area contributed by atoms with Crippen LogP contribution in [0.4, 0.5) is 13.2 Å². The molecule has 1 aromatic rings. The van der Waals surface area contributed by atoms with Crippen molar-refractivity contribution in [2.75, 3.05) is 6.61 Å². The zero-order valence-electron chi connectivity index (χ0n) is 11.1. The molecule has 0 saturated heterocycles. The van der Waals surface area contributed by atoms with Crippen molar-refractivity contribution in [3.05, 3.63) is 29.8 Å². The predicted molar refractivity (Wildman–Crippen MR) is 68.5 cm³/mol. The number of benzene rings is 1. The summed E-state index contributed by atoms with van der Waals surface area (Å²) in [7, 11) is -4.66. The number of rotatable bonds is 4. The van der Waals surface area contributed by atoms with Gasteiger partial charge in [0.25, 0.3) is 10.0 Å². The van der Waals surface area contributed by atoms with Crippen molar-refractivity contribution < 1.29 is 31.1 Å². The van der Waals surface area contributed by atoms with E-state index in [2.05, 4.69) is 9.13 Å². The predicted octanol–water partition coefficient (Wildman–Crippen LogP) is 2.25. The van der Waals surface area contributed by atoms with Crippen molar-refractivity contribution in [1.82, 2.24) is 0 Å². The molecule has 0 aliphatic heterocycles. The van der Waals surface area contributed by atoms with Crippen LogP contribution in [0.15, 0.2) is 33.6 Å². The fourth-order valence-electron chi connectivity index (χ4n) is 1.29. The maximum atomic E-state index is 12.7. The highest BCUT2D eigenvalue weighted by atomic mass is 32.2. The minimum atomic E-state index is -5.23. The van der Waals surface area contributed by atoms with Crippen LogP contribution in [-0.4, -0.2) is 32.9 Å². The monoisotopic (exact) mass is 323 g/mol. The van der Waals surface area contributed by atoms with E-state index in [0.717, 1.165) is 17.7 Å². The normalized spacial score (nSPS) is 13.1. The van der Waals surface area contributed by atoms with Crippen molar-refractivity contribution in [1.29, 1.82) is 0 Å². The number of alkyl halides is 3. The second-order valence-electron chi connectivity index (χ2n) is 3.95. The summed E-state index contributed by atoms with van der Waals surface area (Å²) in [6, 6.07) is 5.01. The Morgan fingerprint density at radius 2 is 1.76 bits per heavy atom. The molecule has 0 atom stereocenters. The van der Waals surface area contributed by atoms with Crippen molar-refractivity contribution in [3.63, 3.8) is 0 Å². The van der Waals surface area contributed by atoms with Gasteiger partial charge in [0, 0.05) is 0 Å². The van der Waals surface area contributed by atoms with Gasteiger partial charge in [-0.1, -0.05) is 17.7 Å². The lowest BCUT2D eigenvalue weighted by molar-refractivity contribution is -0.139. The molecule has 116 valence electrons. The van der Waals surface area contributed by atoms with Gasteiger partial charge in [-0.3, -0.25) is 0 Å². The summed E-state index contributed by atoms with van der Waals surface area (Å²) in [5, 5.41) is 0. The van der Waals surface area contributed by atoms with Crippen LogP contribution in [-0.2, 0) is 19.6 Å². The molecule has 5 nitrogen and oxygen atoms in total. The average Bonchev–Trinajstić information content (AvgIpc) is 2.35. The van der Waals surface area contributed by atoms with Gasteiger partial charge in [0.2, 0.25) is 5.71 Å². The molecule has 0 aliphatic rings. The molecular formula is C12H12F3NO4S. The lowest BCUT2D eigenvalue weighted by Gasteiger charge is -2.09. The smallest absolute Gasteiger partial charge is 0.441 e. The molecule has 1 aromatic carbocycles. The van der Waals surface area contributed by atoms with E-state index in [0.29, 0.717) is 0 Å². The molecule has 0 spiro atoms. The van der Waals surface area contributed by atoms with Crippen LogP contribution < -0.4 is 0 Å². The number of halogens is 3. The Morgan fingerprint density at radius 1 is 1.24 bits per heavy atom. The van der Waals surface area contributed by atoms with Gasteiger partial charge in [-0.2, -0.15) is 21.6 Å². The van der Waals surface area contributed by atoms with Gasteiger partial charge < -0.3 is 4.74 Å². The topological polar surface area (TPSA) is 72.8 Å². The Bertz CT molecular complexity index is 648. The molecule has 0 bridgehead atoms. The van der Waals surface area contributed by atoms with Crippen LogP contribution in [0.3, 0.4) is 0 Å². The number of ether oxygens (including phenoxy) is 1. The van der Waals surface area contributed by atoms with Crippen LogP contribution in [0.5, 0.6) is 0 Å². The molecule has 0 radical (unpaired) electrons. The Balaban J connectivity index is 3.32. The number of carbonyl (C=O) groups excluding carboxylic acids is 1. The summed E-state index contributed by atoms with van der Waals surface area (Å²) >= 11 is 0. The minimum Gasteiger partial charge on any atom is -0.461 e. The maximum Gasteiger partial charge on any atom is 0.441 e. The van der Waals surface area contributed by atoms with Gasteiger partial charge in [0.1, 0.15) is 0 Å². The summed E-state index contributed by atoms with van der Waals surface area (Å²) in [6.07, 6.45) is -5.23. The van der Waals surface area contributed by atoms with Gasteiger partial charge in [-0.05, 0) is 26.0 Å². The minimum absolute atomic E-state index is 0.335. The SMILES string of the molecule is CCOC(=O)C(=NS(=O)(=O)c1ccc(C)cc1)C(F)(F)F. The van der Waals surface area contributed by atoms with Crippen LogP contribution in [0.2, 0.25) is 0 Å². The fourth-order valence-corrected chi connectivity index (χ4v) is 2.29. The summed E-state index contributed by atoms with van der Waals surface area (Å²) in [5.41, 5.74) is -1.38. The van der Waals surface area contributed by atoms with E-state index in [1.54, 1.807) is 6.92 Å². The lowest BCUT2D eigenvalue weighted by Crippen LogP contribution is -2.33. The van der Waals surface area contributed by atoms with E-state index < -0.39 is 32.8 Å². The Kier molecular flexibility index (Phi) is 5.10. The first-order valence-electron chi connectivity index (χ1n) is 5.74. The molecule has 9 heteroatoms. The van der Waals surface area contributed by atoms with Gasteiger partial charge in [0.15, 0.2) is 0 Å². The van der Waals surface area contributed by atoms with Crippen LogP contribution in [0.1, 0.15) is 12.5 Å². The van der Waals surface area contributed by atoms with Crippen molar-refractivity contribution in [2.45, 2.75) is 24.9 Å². The van der Waals surface area contributed by atoms with Crippen LogP contribution in [0, 0.1) is 6.92 Å². The van der Waals surface area contributed by atoms with Gasteiger partial charge in [-0.25, -0.2) is 4.79 Å². The largest absolute Gasteiger partial charge is 0.461 e. The summed E-state index contributed by atoms with van der Waals surface area (Å²) < 4.78 is 68.5. The summed E-state index contributed by atoms with van der Waals surface area (Å²) in [4.78, 5) is 10.8. The molecule has 0 aromatic heterocycles. The second kappa shape index (κ2) is 6.25. The van der Waals surface area contributed by atoms with E-state index >= 15 is 0 Å². The third-order valence-electron chi connectivity index (χ3n) is 2.27. The van der Waals surface area contributed by atoms with Gasteiger partial charge >= 0.3 is 12.1 Å². The average molecular weight is 323 g/mol. The molecule has 1 rings (SSSR count). The van der Waals surface area contributed by atoms with E-state index in [9.17, 15) is 26.4 Å². The highest BCUT2D eigenvalue weighted by Crippen LogP contribution is 2.22. The molecule has 0 N–H and O–H groups in total. The Morgan fingerprint density at radius 3 is 2.19 bits per heavy atom. The number of esters is 1. The van der Waals surface area contributed by atoms with E-state index in [-0.39, 0.29) is 6.61 Å². The van der Waals surface area contributed by atoms with Crippen LogP contribution in [0.25, 0.3) is 0 Å². The van der Waals surface area contributed by atoms with E-state index in [4.69, 9.17) is 0 Å². The maximum absolute atomic E-state index is 12.7. The number of aryl methyl sites for hydroxylation is 1. The standard InChI is InChI=1S/C12H12F3NO4S/c1-3-20-11(17)10(12(13,14)15)16-21(18,19)9-6-4-8(2)5-7-9/h4-7H,3H2,1-2H3. The van der Waals surface area contributed by atoms with Crippen molar-refractivity contribution in [2.24, 2.45) is 4.40 Å². The highest BCUT2D eigenvalue weighted by molar-refractivity contribution is 7.90. The summed E-state index contributed by atoms with van der Waals surface area (Å²) in [6.45, 7) is 2.64. The first-order valence-corrected chi connectivity index (χ1v) is 7.18. The van der Waals surface area contributed by atoms with E-state index in [1.807, 2.05) is 0 Å². The molecule has 0 amide bonds. The lowest BCUT2D eigenvalue weighted by atomic mass is 10.2. The number of hydrogen-bond donors (Lipinski definition) is 0. The third kappa shape index (κ3) is 4.55. The van der Waals surface area contributed by atoms with Gasteiger partial charge in [-0.15, -0.1) is 4.40 Å². The summed E-state index contributed by atoms with van der Waals surface area (Å²) in [5.74, 6) is -1.83. The molecule has 0 fully saturated rings. The fraction of sp³-hybridized carbons (Fsp3) is 0.333. The molecule has 0 unspecified atom stereocenters. The first kappa shape index (κ1) is 17.2. The van der Waals surface area contributed by atoms with Crippen LogP contribution >= 0.6 is 0 Å². The third-order valence-corrected chi connectivity index (χ3v) is 3.56. The quantitative estimate of drug-likeness (QED) is 0.629. The Labute approximate surface area is 119 Å². The van der Waals surface area contributed by atoms with Crippen molar-refractivity contribution in [3.8, 4) is 0 Å². The molecule has 0 aliphatic carbocycles. The number of nitrogens with zero attached hydrogens (tertiary/aromatic N) is 1. The number of carbonyl (C=O) groups is 1. The number of sulfonamides is 1. The first-order chi connectivity index (χ1) is 9.58. The molecule has 0 saturated carbocycles. The molecule has 0 heterocycles. The zero-order chi connectivity index (χ0) is 16.3. The van der Waals surface area contributed by atoms with Crippen molar-refractivity contribution >= 4 is 21.7 Å². The van der Waals surface area contributed by atoms with E-state index in [1.165, 1.54) is 19.1 Å². The van der Waals surface area contributed by atoms with Gasteiger partial charge in [0.05, 0.1) is 11.5 Å². The zero-order valence-corrected chi connectivity index (χ0v) is 12.0. The Hall–Kier alpha value is -1.90. The number of hydrogen-bond acceptors (Lipinski definition) is 4. The highest BCUT2D eigenvalue weighted by Gasteiger charge is 2.43. The molecule has 21 heavy (non-hydrogen) atoms.